The second-order valence-corrected chi connectivity index (χ2v) is 19.6. The summed E-state index contributed by atoms with van der Waals surface area (Å²) in [5.41, 5.74) is 23.8. The van der Waals surface area contributed by atoms with Gasteiger partial charge in [-0.1, -0.05) is 33.6 Å². The van der Waals surface area contributed by atoms with Crippen molar-refractivity contribution in [2.45, 2.75) is 46.5 Å². The van der Waals surface area contributed by atoms with Crippen molar-refractivity contribution in [1.29, 1.82) is 0 Å². The smallest absolute Gasteiger partial charge is 0.0108 e. The Morgan fingerprint density at radius 2 is 0.643 bits per heavy atom. The van der Waals surface area contributed by atoms with Gasteiger partial charge in [0.1, 0.15) is 0 Å². The van der Waals surface area contributed by atoms with E-state index < -0.39 is 0 Å². The van der Waals surface area contributed by atoms with Crippen molar-refractivity contribution >= 4 is 0 Å². The molecule has 0 rings (SSSR count). The highest BCUT2D eigenvalue weighted by atomic mass is 15.2. The van der Waals surface area contributed by atoms with E-state index in [-0.39, 0.29) is 0 Å². The fraction of sp³-hybridized carbons (Fsp3) is 1.00. The van der Waals surface area contributed by atoms with Gasteiger partial charge < -0.3 is 81.0 Å². The maximum Gasteiger partial charge on any atom is 0.0108 e. The van der Waals surface area contributed by atoms with Crippen LogP contribution >= 0.6 is 0 Å². The van der Waals surface area contributed by atoms with E-state index in [1.54, 1.807) is 0 Å². The molecule has 422 valence electrons. The second kappa shape index (κ2) is 53.0. The summed E-state index contributed by atoms with van der Waals surface area (Å²) in [6.45, 7) is 44.6. The van der Waals surface area contributed by atoms with Crippen molar-refractivity contribution in [1.82, 2.24) is 82.6 Å². The first kappa shape index (κ1) is 69.2. The Labute approximate surface area is 432 Å². The minimum absolute atomic E-state index is 0.411. The third kappa shape index (κ3) is 44.7. The third-order valence-electron chi connectivity index (χ3n) is 13.4. The number of nitrogens with two attached hydrogens (primary N) is 4. The fourth-order valence-corrected chi connectivity index (χ4v) is 8.33. The van der Waals surface area contributed by atoms with Gasteiger partial charge in [-0.3, -0.25) is 24.5 Å². The number of likely N-dealkylation sites (N-methyl/N-ethyl adjacent to an activating group) is 3. The first-order valence-electron chi connectivity index (χ1n) is 28.3. The Morgan fingerprint density at radius 3 is 0.971 bits per heavy atom. The van der Waals surface area contributed by atoms with E-state index in [9.17, 15) is 0 Å². The second-order valence-electron chi connectivity index (χ2n) is 19.6. The van der Waals surface area contributed by atoms with Crippen LogP contribution in [-0.4, -0.2) is 306 Å². The molecule has 0 spiro atoms. The lowest BCUT2D eigenvalue weighted by atomic mass is 9.82. The number of nitrogens with zero attached hydrogens (tertiary/aromatic N) is 6. The molecule has 1 atom stereocenters. The van der Waals surface area contributed by atoms with E-state index in [1.807, 2.05) is 14.1 Å². The Bertz CT molecular complexity index is 1020. The first-order valence-corrected chi connectivity index (χ1v) is 28.3. The van der Waals surface area contributed by atoms with Gasteiger partial charge in [0.15, 0.2) is 0 Å². The van der Waals surface area contributed by atoms with Crippen LogP contribution in [-0.2, 0) is 0 Å². The third-order valence-corrected chi connectivity index (χ3v) is 13.4. The Morgan fingerprint density at radius 1 is 0.343 bits per heavy atom. The highest BCUT2D eigenvalue weighted by Crippen LogP contribution is 2.27. The Kier molecular flexibility index (Phi) is 52.4. The Hall–Kier alpha value is -0.800. The zero-order valence-corrected chi connectivity index (χ0v) is 46.9. The summed E-state index contributed by atoms with van der Waals surface area (Å²) < 4.78 is 0. The number of nitrogens with one attached hydrogen (secondary N) is 10. The number of hydrogen-bond donors (Lipinski definition) is 14. The van der Waals surface area contributed by atoms with Crippen LogP contribution in [0.2, 0.25) is 0 Å². The van der Waals surface area contributed by atoms with Gasteiger partial charge >= 0.3 is 0 Å². The van der Waals surface area contributed by atoms with Gasteiger partial charge in [-0.25, -0.2) is 0 Å². The van der Waals surface area contributed by atoms with Gasteiger partial charge in [-0.15, -0.1) is 0 Å². The minimum atomic E-state index is 0.411. The van der Waals surface area contributed by atoms with E-state index >= 15 is 0 Å². The van der Waals surface area contributed by atoms with Crippen LogP contribution in [0.15, 0.2) is 0 Å². The SMILES string of the molecule is CCCCC(C)(CC)CNCCN(C)CCNCCN(CCNCCN(CCN)CCNCCNC)CCNCCN(CCNCCN(CCN)CCN)CCNCCN(CCNC)CCNCCN. The zero-order chi connectivity index (χ0) is 51.4. The fourth-order valence-electron chi connectivity index (χ4n) is 8.33. The van der Waals surface area contributed by atoms with Crippen LogP contribution in [0.4, 0.5) is 0 Å². The molecule has 0 bridgehead atoms. The normalized spacial score (nSPS) is 13.2. The maximum atomic E-state index is 5.97. The molecule has 0 aromatic rings. The van der Waals surface area contributed by atoms with E-state index in [1.165, 1.54) is 25.7 Å². The van der Waals surface area contributed by atoms with Crippen LogP contribution in [0.5, 0.6) is 0 Å². The molecule has 1 unspecified atom stereocenters. The number of hydrogen-bond acceptors (Lipinski definition) is 20. The van der Waals surface area contributed by atoms with Crippen molar-refractivity contribution in [2.75, 3.05) is 276 Å². The molecule has 0 aliphatic heterocycles. The zero-order valence-electron chi connectivity index (χ0n) is 46.9. The largest absolute Gasteiger partial charge is 0.329 e. The lowest BCUT2D eigenvalue weighted by molar-refractivity contribution is 0.243. The van der Waals surface area contributed by atoms with Crippen molar-refractivity contribution in [3.8, 4) is 0 Å². The predicted octanol–water partition coefficient (Wildman–Crippen LogP) is -3.97. The molecule has 0 fully saturated rings. The highest BCUT2D eigenvalue weighted by Gasteiger charge is 2.20. The van der Waals surface area contributed by atoms with Crippen molar-refractivity contribution < 1.29 is 0 Å². The van der Waals surface area contributed by atoms with Gasteiger partial charge in [0.2, 0.25) is 0 Å². The molecule has 20 heteroatoms. The van der Waals surface area contributed by atoms with Crippen LogP contribution < -0.4 is 76.1 Å². The summed E-state index contributed by atoms with van der Waals surface area (Å²) in [7, 11) is 6.27. The lowest BCUT2D eigenvalue weighted by Crippen LogP contribution is -2.45. The summed E-state index contributed by atoms with van der Waals surface area (Å²) in [6, 6.07) is 0. The molecule has 70 heavy (non-hydrogen) atoms. The van der Waals surface area contributed by atoms with E-state index in [0.717, 1.165) is 229 Å². The van der Waals surface area contributed by atoms with Gasteiger partial charge in [0, 0.05) is 255 Å². The van der Waals surface area contributed by atoms with Crippen LogP contribution in [0.25, 0.3) is 0 Å². The molecule has 0 aromatic heterocycles. The minimum Gasteiger partial charge on any atom is -0.329 e. The summed E-state index contributed by atoms with van der Waals surface area (Å²) in [4.78, 5) is 15.0. The summed E-state index contributed by atoms with van der Waals surface area (Å²) >= 11 is 0. The molecule has 20 nitrogen and oxygen atoms in total. The molecule has 0 amide bonds. The van der Waals surface area contributed by atoms with Gasteiger partial charge in [0.05, 0.1) is 0 Å². The average Bonchev–Trinajstić information content (AvgIpc) is 3.36. The van der Waals surface area contributed by atoms with Crippen molar-refractivity contribution in [3.05, 3.63) is 0 Å². The van der Waals surface area contributed by atoms with E-state index in [2.05, 4.69) is 110 Å². The number of rotatable bonds is 59. The molecule has 0 heterocycles. The van der Waals surface area contributed by atoms with E-state index in [4.69, 9.17) is 22.9 Å². The van der Waals surface area contributed by atoms with Crippen LogP contribution in [0, 0.1) is 5.41 Å². The molecular weight excluding hydrogens is 881 g/mol. The molecule has 0 aliphatic carbocycles. The molecule has 0 radical (unpaired) electrons. The van der Waals surface area contributed by atoms with Crippen molar-refractivity contribution in [2.24, 2.45) is 28.3 Å². The van der Waals surface area contributed by atoms with Gasteiger partial charge in [-0.2, -0.15) is 0 Å². The Balaban J connectivity index is 5.21. The van der Waals surface area contributed by atoms with Gasteiger partial charge in [-0.05, 0) is 39.4 Å². The molecular formula is C50H122N20. The maximum absolute atomic E-state index is 5.97. The molecule has 18 N–H and O–H groups in total. The average molecular weight is 1000 g/mol. The molecule has 0 saturated carbocycles. The highest BCUT2D eigenvalue weighted by molar-refractivity contribution is 4.76. The molecule has 0 aliphatic rings. The summed E-state index contributed by atoms with van der Waals surface area (Å²) in [6.07, 6.45) is 5.15. The summed E-state index contributed by atoms with van der Waals surface area (Å²) in [5.74, 6) is 0. The summed E-state index contributed by atoms with van der Waals surface area (Å²) in [5, 5.41) is 36.0. The van der Waals surface area contributed by atoms with Gasteiger partial charge in [0.25, 0.3) is 0 Å². The topological polar surface area (TPSA) is 244 Å². The molecule has 0 saturated heterocycles. The number of unbranched alkanes of at least 4 members (excludes halogenated alkanes) is 1. The van der Waals surface area contributed by atoms with Crippen LogP contribution in [0.3, 0.4) is 0 Å². The monoisotopic (exact) mass is 1000 g/mol. The first-order chi connectivity index (χ1) is 34.2. The molecule has 0 aromatic carbocycles. The van der Waals surface area contributed by atoms with Crippen molar-refractivity contribution in [3.63, 3.8) is 0 Å². The standard InChI is InChI=1S/C50H122N20/c1-7-9-10-50(3,8-2)49-64-20-36-65(6)35-19-59-25-43-69(45-28-61-24-40-67(34-14-54)39-22-58-17-16-55-4)46-30-63-31-48-70(44-27-60-23-38-66(32-12-52)33-13-53)47-29-62-26-42-68(37-18-56-5)41-21-57-15-11-51/h55-64H,7-49,51-54H2,1-6H3. The lowest BCUT2D eigenvalue weighted by Gasteiger charge is -2.29. The van der Waals surface area contributed by atoms with E-state index in [0.29, 0.717) is 31.6 Å². The quantitative estimate of drug-likeness (QED) is 0.0260. The predicted molar refractivity (Wildman–Crippen MR) is 305 cm³/mol. The van der Waals surface area contributed by atoms with Crippen LogP contribution in [0.1, 0.15) is 46.5 Å².